The van der Waals surface area contributed by atoms with Crippen molar-refractivity contribution in [3.05, 3.63) is 35.4 Å². The van der Waals surface area contributed by atoms with E-state index in [2.05, 4.69) is 17.9 Å². The smallest absolute Gasteiger partial charge is 0.254 e. The van der Waals surface area contributed by atoms with Gasteiger partial charge in [0.05, 0.1) is 0 Å². The lowest BCUT2D eigenvalue weighted by atomic mass is 9.95. The molecule has 0 spiro atoms. The van der Waals surface area contributed by atoms with Gasteiger partial charge in [0.2, 0.25) is 0 Å². The summed E-state index contributed by atoms with van der Waals surface area (Å²) in [7, 11) is 1.74. The molecular formula is C18H27NO2. The molecule has 116 valence electrons. The molecule has 1 aromatic rings. The lowest BCUT2D eigenvalue weighted by molar-refractivity contribution is 0.0584. The molecule has 1 atom stereocenters. The van der Waals surface area contributed by atoms with Crippen molar-refractivity contribution in [3.63, 3.8) is 0 Å². The fourth-order valence-corrected chi connectivity index (χ4v) is 3.22. The molecule has 2 rings (SSSR count). The van der Waals surface area contributed by atoms with Crippen LogP contribution in [-0.4, -0.2) is 37.1 Å². The van der Waals surface area contributed by atoms with Gasteiger partial charge in [-0.2, -0.15) is 0 Å². The van der Waals surface area contributed by atoms with Crippen molar-refractivity contribution in [3.8, 4) is 0 Å². The number of nitrogens with zero attached hydrogens (tertiary/aromatic N) is 1. The first-order valence-electron chi connectivity index (χ1n) is 8.15. The Hall–Kier alpha value is -1.35. The van der Waals surface area contributed by atoms with Crippen molar-refractivity contribution in [1.82, 2.24) is 4.90 Å². The van der Waals surface area contributed by atoms with Crippen molar-refractivity contribution in [2.45, 2.75) is 51.5 Å². The topological polar surface area (TPSA) is 29.5 Å². The fourth-order valence-electron chi connectivity index (χ4n) is 3.22. The molecule has 0 saturated carbocycles. The van der Waals surface area contributed by atoms with E-state index in [0.717, 1.165) is 56.4 Å². The minimum absolute atomic E-state index is 0.217. The van der Waals surface area contributed by atoms with Crippen LogP contribution in [-0.2, 0) is 11.2 Å². The molecule has 1 saturated heterocycles. The summed E-state index contributed by atoms with van der Waals surface area (Å²) in [5, 5.41) is 0. The third kappa shape index (κ3) is 4.07. The fraction of sp³-hybridized carbons (Fsp3) is 0.611. The summed E-state index contributed by atoms with van der Waals surface area (Å²) in [5.74, 6) is 0.217. The summed E-state index contributed by atoms with van der Waals surface area (Å²) in [6.07, 6.45) is 6.47. The maximum Gasteiger partial charge on any atom is 0.254 e. The molecule has 1 amide bonds. The largest absolute Gasteiger partial charge is 0.385 e. The molecule has 1 aromatic carbocycles. The number of carbonyl (C=O) groups is 1. The first-order chi connectivity index (χ1) is 10.3. The van der Waals surface area contributed by atoms with E-state index in [1.807, 2.05) is 18.2 Å². The second kappa shape index (κ2) is 8.18. The van der Waals surface area contributed by atoms with Gasteiger partial charge in [0.1, 0.15) is 0 Å². The van der Waals surface area contributed by atoms with Crippen LogP contribution in [0.2, 0.25) is 0 Å². The summed E-state index contributed by atoms with van der Waals surface area (Å²) >= 11 is 0. The Kier molecular flexibility index (Phi) is 6.24. The number of amides is 1. The quantitative estimate of drug-likeness (QED) is 0.748. The van der Waals surface area contributed by atoms with Gasteiger partial charge in [0.25, 0.3) is 5.91 Å². The van der Waals surface area contributed by atoms with Gasteiger partial charge in [-0.1, -0.05) is 25.1 Å². The normalized spacial score (nSPS) is 18.8. The first kappa shape index (κ1) is 16.0. The van der Waals surface area contributed by atoms with Crippen LogP contribution in [0, 0.1) is 0 Å². The number of piperidine rings is 1. The summed E-state index contributed by atoms with van der Waals surface area (Å²) in [5.41, 5.74) is 2.04. The number of hydrogen-bond donors (Lipinski definition) is 0. The first-order valence-corrected chi connectivity index (χ1v) is 8.15. The second-order valence-corrected chi connectivity index (χ2v) is 5.79. The molecule has 0 bridgehead atoms. The molecule has 0 aromatic heterocycles. The lowest BCUT2D eigenvalue weighted by Crippen LogP contribution is -2.44. The molecular weight excluding hydrogens is 262 g/mol. The van der Waals surface area contributed by atoms with Crippen LogP contribution in [0.5, 0.6) is 0 Å². The van der Waals surface area contributed by atoms with Crippen LogP contribution in [0.15, 0.2) is 24.3 Å². The molecule has 0 N–H and O–H groups in total. The molecule has 3 heteroatoms. The van der Waals surface area contributed by atoms with E-state index in [1.165, 1.54) is 6.42 Å². The Bertz CT molecular complexity index is 458. The van der Waals surface area contributed by atoms with E-state index in [9.17, 15) is 4.79 Å². The van der Waals surface area contributed by atoms with E-state index in [4.69, 9.17) is 4.74 Å². The minimum Gasteiger partial charge on any atom is -0.385 e. The number of likely N-dealkylation sites (tertiary alicyclic amines) is 1. The van der Waals surface area contributed by atoms with Gasteiger partial charge in [-0.05, 0) is 50.2 Å². The zero-order valence-electron chi connectivity index (χ0n) is 13.3. The Morgan fingerprint density at radius 2 is 2.14 bits per heavy atom. The molecule has 1 aliphatic heterocycles. The van der Waals surface area contributed by atoms with Crippen LogP contribution in [0.1, 0.15) is 54.9 Å². The molecule has 0 aliphatic carbocycles. The van der Waals surface area contributed by atoms with Crippen molar-refractivity contribution in [2.75, 3.05) is 20.3 Å². The van der Waals surface area contributed by atoms with E-state index in [1.54, 1.807) is 7.11 Å². The highest BCUT2D eigenvalue weighted by Gasteiger charge is 2.27. The van der Waals surface area contributed by atoms with Crippen molar-refractivity contribution >= 4 is 5.91 Å². The molecule has 1 unspecified atom stereocenters. The number of aryl methyl sites for hydroxylation is 1. The average Bonchev–Trinajstić information content (AvgIpc) is 2.55. The lowest BCUT2D eigenvalue weighted by Gasteiger charge is -2.36. The van der Waals surface area contributed by atoms with Gasteiger partial charge in [0, 0.05) is 31.9 Å². The highest BCUT2D eigenvalue weighted by atomic mass is 16.5. The Morgan fingerprint density at radius 3 is 2.90 bits per heavy atom. The molecule has 1 aliphatic rings. The second-order valence-electron chi connectivity index (χ2n) is 5.79. The molecule has 1 heterocycles. The van der Waals surface area contributed by atoms with Crippen LogP contribution in [0.3, 0.4) is 0 Å². The van der Waals surface area contributed by atoms with Gasteiger partial charge < -0.3 is 9.64 Å². The van der Waals surface area contributed by atoms with Crippen molar-refractivity contribution < 1.29 is 9.53 Å². The third-order valence-corrected chi connectivity index (χ3v) is 4.40. The summed E-state index contributed by atoms with van der Waals surface area (Å²) in [6, 6.07) is 8.41. The number of hydrogen-bond acceptors (Lipinski definition) is 2. The highest BCUT2D eigenvalue weighted by molar-refractivity contribution is 5.96. The summed E-state index contributed by atoms with van der Waals surface area (Å²) in [6.45, 7) is 3.79. The Labute approximate surface area is 128 Å². The van der Waals surface area contributed by atoms with Gasteiger partial charge >= 0.3 is 0 Å². The van der Waals surface area contributed by atoms with Crippen molar-refractivity contribution in [2.24, 2.45) is 0 Å². The van der Waals surface area contributed by atoms with Crippen molar-refractivity contribution in [1.29, 1.82) is 0 Å². The number of carbonyl (C=O) groups excluding carboxylic acids is 1. The zero-order valence-corrected chi connectivity index (χ0v) is 13.3. The van der Waals surface area contributed by atoms with E-state index in [-0.39, 0.29) is 5.91 Å². The molecule has 1 fully saturated rings. The predicted molar refractivity (Wildman–Crippen MR) is 85.6 cm³/mol. The average molecular weight is 289 g/mol. The van der Waals surface area contributed by atoms with Crippen LogP contribution in [0.4, 0.5) is 0 Å². The summed E-state index contributed by atoms with van der Waals surface area (Å²) < 4.78 is 5.15. The Morgan fingerprint density at radius 1 is 1.33 bits per heavy atom. The van der Waals surface area contributed by atoms with Gasteiger partial charge in [0.15, 0.2) is 0 Å². The molecule has 3 nitrogen and oxygen atoms in total. The molecule has 0 radical (unpaired) electrons. The summed E-state index contributed by atoms with van der Waals surface area (Å²) in [4.78, 5) is 15.0. The Balaban J connectivity index is 2.10. The maximum atomic E-state index is 12.9. The SMILES string of the molecule is CCc1ccccc1C(=O)N1CCCCC1CCCOC. The number of methoxy groups -OCH3 is 1. The maximum absolute atomic E-state index is 12.9. The van der Waals surface area contributed by atoms with Crippen LogP contribution < -0.4 is 0 Å². The van der Waals surface area contributed by atoms with Crippen LogP contribution >= 0.6 is 0 Å². The van der Waals surface area contributed by atoms with Crippen LogP contribution in [0.25, 0.3) is 0 Å². The third-order valence-electron chi connectivity index (χ3n) is 4.40. The molecule has 21 heavy (non-hydrogen) atoms. The van der Waals surface area contributed by atoms with E-state index >= 15 is 0 Å². The number of ether oxygens (including phenoxy) is 1. The predicted octanol–water partition coefficient (Wildman–Crippen LogP) is 3.67. The highest BCUT2D eigenvalue weighted by Crippen LogP contribution is 2.24. The van der Waals surface area contributed by atoms with Gasteiger partial charge in [-0.15, -0.1) is 0 Å². The van der Waals surface area contributed by atoms with Gasteiger partial charge in [-0.25, -0.2) is 0 Å². The number of benzene rings is 1. The standard InChI is InChI=1S/C18H27NO2/c1-3-15-9-4-5-12-17(15)18(20)19-13-7-6-10-16(19)11-8-14-21-2/h4-5,9,12,16H,3,6-8,10-11,13-14H2,1-2H3. The number of rotatable bonds is 6. The monoisotopic (exact) mass is 289 g/mol. The van der Waals surface area contributed by atoms with E-state index < -0.39 is 0 Å². The van der Waals surface area contributed by atoms with E-state index in [0.29, 0.717) is 6.04 Å². The van der Waals surface area contributed by atoms with Gasteiger partial charge in [-0.3, -0.25) is 4.79 Å². The zero-order chi connectivity index (χ0) is 15.1. The minimum atomic E-state index is 0.217.